The van der Waals surface area contributed by atoms with Crippen LogP contribution in [0.2, 0.25) is 0 Å². The molecular formula is C16H27N2O8P. The third kappa shape index (κ3) is 5.85. The molecule has 0 amide bonds. The molecule has 2 unspecified atom stereocenters. The van der Waals surface area contributed by atoms with Crippen LogP contribution in [0.4, 0.5) is 0 Å². The SMILES string of the molecule is CCC(=O)O[C@H](C)OC(=O)C(=O)O[PH]1(OC(=O)CC)NC2CCCCC2N1. The molecule has 2 fully saturated rings. The summed E-state index contributed by atoms with van der Waals surface area (Å²) in [5, 5.41) is 6.20. The Morgan fingerprint density at radius 2 is 1.44 bits per heavy atom. The third-order valence-electron chi connectivity index (χ3n) is 4.33. The van der Waals surface area contributed by atoms with Crippen LogP contribution in [0.15, 0.2) is 0 Å². The van der Waals surface area contributed by atoms with E-state index in [9.17, 15) is 19.2 Å². The average molecular weight is 406 g/mol. The van der Waals surface area contributed by atoms with E-state index in [-0.39, 0.29) is 24.9 Å². The molecule has 2 rings (SSSR count). The number of carbonyl (C=O) groups is 4. The second-order valence-corrected chi connectivity index (χ2v) is 8.65. The second kappa shape index (κ2) is 9.43. The van der Waals surface area contributed by atoms with Crippen molar-refractivity contribution in [3.05, 3.63) is 0 Å². The first-order valence-electron chi connectivity index (χ1n) is 9.19. The van der Waals surface area contributed by atoms with Crippen molar-refractivity contribution >= 4 is 31.9 Å². The molecule has 0 aromatic carbocycles. The summed E-state index contributed by atoms with van der Waals surface area (Å²) >= 11 is 0. The van der Waals surface area contributed by atoms with E-state index in [1.54, 1.807) is 13.8 Å². The molecule has 0 aromatic heterocycles. The van der Waals surface area contributed by atoms with Gasteiger partial charge in [0.25, 0.3) is 0 Å². The molecule has 0 bridgehead atoms. The first-order valence-corrected chi connectivity index (χ1v) is 11.0. The Labute approximate surface area is 158 Å². The van der Waals surface area contributed by atoms with Gasteiger partial charge in [-0.2, -0.15) is 0 Å². The third-order valence-corrected chi connectivity index (χ3v) is 6.81. The quantitative estimate of drug-likeness (QED) is 0.288. The van der Waals surface area contributed by atoms with E-state index in [1.807, 2.05) is 0 Å². The zero-order valence-electron chi connectivity index (χ0n) is 15.7. The maximum absolute atomic E-state index is 12.2. The molecule has 2 aliphatic rings. The van der Waals surface area contributed by atoms with Gasteiger partial charge in [-0.3, -0.25) is 0 Å². The molecule has 0 radical (unpaired) electrons. The van der Waals surface area contributed by atoms with Gasteiger partial charge in [0.05, 0.1) is 0 Å². The molecule has 1 heterocycles. The van der Waals surface area contributed by atoms with Crippen LogP contribution in [0.1, 0.15) is 59.3 Å². The van der Waals surface area contributed by atoms with Gasteiger partial charge < -0.3 is 0 Å². The van der Waals surface area contributed by atoms with Crippen molar-refractivity contribution in [3.63, 3.8) is 0 Å². The average Bonchev–Trinajstić information content (AvgIpc) is 2.98. The van der Waals surface area contributed by atoms with Crippen LogP contribution >= 0.6 is 8.02 Å². The Bertz CT molecular complexity index is 585. The summed E-state index contributed by atoms with van der Waals surface area (Å²) in [6, 6.07) is 0.00616. The maximum atomic E-state index is 12.2. The molecule has 10 nitrogen and oxygen atoms in total. The summed E-state index contributed by atoms with van der Waals surface area (Å²) in [6.45, 7) is 4.51. The number of nitrogens with one attached hydrogen (secondary N) is 2. The van der Waals surface area contributed by atoms with Crippen LogP contribution in [0.25, 0.3) is 0 Å². The summed E-state index contributed by atoms with van der Waals surface area (Å²) in [6.07, 6.45) is 2.69. The van der Waals surface area contributed by atoms with Crippen LogP contribution in [-0.2, 0) is 37.7 Å². The zero-order chi connectivity index (χ0) is 20.0. The Balaban J connectivity index is 2.02. The van der Waals surface area contributed by atoms with Crippen molar-refractivity contribution in [2.45, 2.75) is 77.7 Å². The Kier molecular flexibility index (Phi) is 7.52. The fourth-order valence-corrected chi connectivity index (χ4v) is 5.88. The first-order chi connectivity index (χ1) is 12.8. The molecule has 1 saturated carbocycles. The van der Waals surface area contributed by atoms with Crippen molar-refractivity contribution in [2.24, 2.45) is 0 Å². The van der Waals surface area contributed by atoms with Gasteiger partial charge in [0.2, 0.25) is 0 Å². The van der Waals surface area contributed by atoms with Crippen molar-refractivity contribution in [3.8, 4) is 0 Å². The van der Waals surface area contributed by atoms with Crippen LogP contribution in [-0.4, -0.2) is 42.3 Å². The summed E-state index contributed by atoms with van der Waals surface area (Å²) in [5.41, 5.74) is 0. The standard InChI is InChI=1S/C16H27N2O8P/c1-4-13(19)23-10(3)24-15(21)16(22)26-27(25-14(20)5-2)17-11-8-6-7-9-12(11)18-27/h10-12,17-18,27H,4-9H2,1-3H3/t10-,11?,12?/m0/s1. The van der Waals surface area contributed by atoms with Crippen LogP contribution < -0.4 is 10.2 Å². The second-order valence-electron chi connectivity index (χ2n) is 6.44. The summed E-state index contributed by atoms with van der Waals surface area (Å²) in [7, 11) is -3.67. The van der Waals surface area contributed by atoms with E-state index in [4.69, 9.17) is 18.5 Å². The van der Waals surface area contributed by atoms with E-state index < -0.39 is 38.2 Å². The van der Waals surface area contributed by atoms with Gasteiger partial charge in [-0.1, -0.05) is 0 Å². The van der Waals surface area contributed by atoms with Crippen molar-refractivity contribution in [1.29, 1.82) is 0 Å². The molecule has 1 aliphatic carbocycles. The van der Waals surface area contributed by atoms with Gasteiger partial charge in [-0.05, 0) is 0 Å². The van der Waals surface area contributed by atoms with E-state index in [0.717, 1.165) is 25.7 Å². The van der Waals surface area contributed by atoms with Crippen LogP contribution in [0.3, 0.4) is 0 Å². The molecule has 27 heavy (non-hydrogen) atoms. The Morgan fingerprint density at radius 1 is 0.889 bits per heavy atom. The molecule has 0 aromatic rings. The molecular weight excluding hydrogens is 379 g/mol. The van der Waals surface area contributed by atoms with E-state index >= 15 is 0 Å². The molecule has 3 atom stereocenters. The number of fused-ring (bicyclic) bond motifs is 1. The van der Waals surface area contributed by atoms with Gasteiger partial charge in [0.1, 0.15) is 0 Å². The fraction of sp³-hybridized carbons (Fsp3) is 0.750. The Morgan fingerprint density at radius 3 is 1.96 bits per heavy atom. The van der Waals surface area contributed by atoms with E-state index in [2.05, 4.69) is 10.2 Å². The normalized spacial score (nSPS) is 25.4. The van der Waals surface area contributed by atoms with E-state index in [0.29, 0.717) is 0 Å². The van der Waals surface area contributed by atoms with E-state index in [1.165, 1.54) is 6.92 Å². The molecule has 1 aliphatic heterocycles. The van der Waals surface area contributed by atoms with Gasteiger partial charge in [0.15, 0.2) is 0 Å². The molecule has 11 heteroatoms. The number of esters is 2. The van der Waals surface area contributed by atoms with Gasteiger partial charge in [-0.25, -0.2) is 0 Å². The molecule has 1 saturated heterocycles. The molecule has 2 N–H and O–H groups in total. The van der Waals surface area contributed by atoms with Crippen LogP contribution in [0.5, 0.6) is 0 Å². The molecule has 154 valence electrons. The number of hydrogen-bond donors (Lipinski definition) is 2. The predicted molar refractivity (Wildman–Crippen MR) is 95.0 cm³/mol. The minimum absolute atomic E-state index is 0.00308. The summed E-state index contributed by atoms with van der Waals surface area (Å²) < 4.78 is 20.2. The van der Waals surface area contributed by atoms with Crippen molar-refractivity contribution < 1.29 is 37.7 Å². The zero-order valence-corrected chi connectivity index (χ0v) is 16.7. The minimum atomic E-state index is -3.67. The first kappa shape index (κ1) is 21.5. The predicted octanol–water partition coefficient (Wildman–Crippen LogP) is 1.24. The van der Waals surface area contributed by atoms with Gasteiger partial charge in [-0.15, -0.1) is 0 Å². The fourth-order valence-electron chi connectivity index (χ4n) is 3.04. The number of rotatable bonds is 6. The summed E-state index contributed by atoms with van der Waals surface area (Å²) in [5.74, 6) is -3.77. The van der Waals surface area contributed by atoms with Crippen molar-refractivity contribution in [2.75, 3.05) is 0 Å². The van der Waals surface area contributed by atoms with Crippen molar-refractivity contribution in [1.82, 2.24) is 10.2 Å². The van der Waals surface area contributed by atoms with Gasteiger partial charge >= 0.3 is 157 Å². The number of ether oxygens (including phenoxy) is 2. The monoisotopic (exact) mass is 406 g/mol. The van der Waals surface area contributed by atoms with Crippen LogP contribution in [0, 0.1) is 0 Å². The summed E-state index contributed by atoms with van der Waals surface area (Å²) in [4.78, 5) is 47.2. The van der Waals surface area contributed by atoms with Gasteiger partial charge in [0, 0.05) is 0 Å². The number of hydrogen-bond acceptors (Lipinski definition) is 10. The molecule has 0 spiro atoms. The number of carbonyl (C=O) groups excluding carboxylic acids is 4. The Hall–Kier alpha value is -1.77. The topological polar surface area (TPSA) is 129 Å².